The maximum atomic E-state index is 5.61. The Kier molecular flexibility index (Phi) is 3.53. The first kappa shape index (κ1) is 12.8. The summed E-state index contributed by atoms with van der Waals surface area (Å²) in [6, 6.07) is 17.3. The van der Waals surface area contributed by atoms with Crippen molar-refractivity contribution in [3.63, 3.8) is 0 Å². The maximum Gasteiger partial charge on any atom is 0.0178 e. The van der Waals surface area contributed by atoms with Crippen molar-refractivity contribution in [3.05, 3.63) is 59.7 Å². The summed E-state index contributed by atoms with van der Waals surface area (Å²) in [6.45, 7) is 7.30. The van der Waals surface area contributed by atoms with Crippen LogP contribution in [0.15, 0.2) is 48.5 Å². The molecule has 0 aliphatic rings. The van der Waals surface area contributed by atoms with Gasteiger partial charge >= 0.3 is 0 Å². The van der Waals surface area contributed by atoms with Crippen LogP contribution in [0.1, 0.15) is 31.9 Å². The van der Waals surface area contributed by atoms with E-state index in [4.69, 9.17) is 5.73 Å². The lowest BCUT2D eigenvalue weighted by molar-refractivity contribution is 0.590. The van der Waals surface area contributed by atoms with Crippen molar-refractivity contribution in [2.75, 3.05) is 0 Å². The molecule has 0 aliphatic heterocycles. The number of hydrogen-bond acceptors (Lipinski definition) is 1. The van der Waals surface area contributed by atoms with Crippen LogP contribution < -0.4 is 5.73 Å². The lowest BCUT2D eigenvalue weighted by Crippen LogP contribution is -2.10. The molecule has 0 aromatic heterocycles. The zero-order valence-electron chi connectivity index (χ0n) is 11.4. The first-order chi connectivity index (χ1) is 8.50. The molecule has 2 aromatic rings. The summed E-state index contributed by atoms with van der Waals surface area (Å²) in [4.78, 5) is 0. The van der Waals surface area contributed by atoms with Gasteiger partial charge in [0.15, 0.2) is 0 Å². The molecule has 1 heteroatoms. The standard InChI is InChI=1S/C17H21N/c1-17(2,3)16-10-8-15(9-11-16)14-6-4-13(12-18)5-7-14/h4-11H,12,18H2,1-3H3. The molecule has 0 bridgehead atoms. The van der Waals surface area contributed by atoms with Crippen LogP contribution >= 0.6 is 0 Å². The van der Waals surface area contributed by atoms with Crippen LogP contribution in [0.4, 0.5) is 0 Å². The predicted molar refractivity (Wildman–Crippen MR) is 78.5 cm³/mol. The summed E-state index contributed by atoms with van der Waals surface area (Å²) in [5, 5.41) is 0. The summed E-state index contributed by atoms with van der Waals surface area (Å²) in [6.07, 6.45) is 0. The quantitative estimate of drug-likeness (QED) is 0.838. The highest BCUT2D eigenvalue weighted by Gasteiger charge is 2.12. The van der Waals surface area contributed by atoms with Crippen molar-refractivity contribution in [2.24, 2.45) is 5.73 Å². The maximum absolute atomic E-state index is 5.61. The number of benzene rings is 2. The molecule has 0 amide bonds. The smallest absolute Gasteiger partial charge is 0.0178 e. The molecule has 0 heterocycles. The van der Waals surface area contributed by atoms with E-state index in [1.54, 1.807) is 0 Å². The van der Waals surface area contributed by atoms with E-state index >= 15 is 0 Å². The molecule has 18 heavy (non-hydrogen) atoms. The van der Waals surface area contributed by atoms with Crippen molar-refractivity contribution in [2.45, 2.75) is 32.7 Å². The van der Waals surface area contributed by atoms with Gasteiger partial charge in [-0.25, -0.2) is 0 Å². The van der Waals surface area contributed by atoms with Gasteiger partial charge in [0.05, 0.1) is 0 Å². The number of rotatable bonds is 2. The van der Waals surface area contributed by atoms with Gasteiger partial charge in [-0.15, -0.1) is 0 Å². The highest BCUT2D eigenvalue weighted by atomic mass is 14.5. The van der Waals surface area contributed by atoms with Gasteiger partial charge in [0.1, 0.15) is 0 Å². The Balaban J connectivity index is 2.28. The zero-order chi connectivity index (χ0) is 13.2. The van der Waals surface area contributed by atoms with Crippen LogP contribution in [0.3, 0.4) is 0 Å². The Morgan fingerprint density at radius 3 is 1.61 bits per heavy atom. The zero-order valence-corrected chi connectivity index (χ0v) is 11.4. The lowest BCUT2D eigenvalue weighted by Gasteiger charge is -2.19. The van der Waals surface area contributed by atoms with Gasteiger partial charge in [-0.3, -0.25) is 0 Å². The lowest BCUT2D eigenvalue weighted by atomic mass is 9.86. The monoisotopic (exact) mass is 239 g/mol. The molecule has 0 fully saturated rings. The number of nitrogens with two attached hydrogens (primary N) is 1. The van der Waals surface area contributed by atoms with Crippen molar-refractivity contribution in [1.29, 1.82) is 0 Å². The fourth-order valence-electron chi connectivity index (χ4n) is 2.00. The normalized spacial score (nSPS) is 11.6. The van der Waals surface area contributed by atoms with E-state index in [0.29, 0.717) is 6.54 Å². The Morgan fingerprint density at radius 1 is 0.778 bits per heavy atom. The van der Waals surface area contributed by atoms with Gasteiger partial charge in [-0.2, -0.15) is 0 Å². The van der Waals surface area contributed by atoms with E-state index in [1.165, 1.54) is 22.3 Å². The van der Waals surface area contributed by atoms with Gasteiger partial charge in [0.2, 0.25) is 0 Å². The van der Waals surface area contributed by atoms with Gasteiger partial charge < -0.3 is 5.73 Å². The molecule has 0 saturated heterocycles. The van der Waals surface area contributed by atoms with E-state index in [9.17, 15) is 0 Å². The van der Waals surface area contributed by atoms with Gasteiger partial charge in [0.25, 0.3) is 0 Å². The molecule has 94 valence electrons. The third kappa shape index (κ3) is 2.80. The van der Waals surface area contributed by atoms with Crippen LogP contribution in [-0.4, -0.2) is 0 Å². The Bertz CT molecular complexity index is 501. The first-order valence-electron chi connectivity index (χ1n) is 6.40. The predicted octanol–water partition coefficient (Wildman–Crippen LogP) is 4.11. The van der Waals surface area contributed by atoms with Gasteiger partial charge in [0, 0.05) is 6.54 Å². The topological polar surface area (TPSA) is 26.0 Å². The largest absolute Gasteiger partial charge is 0.326 e. The average Bonchev–Trinajstić information content (AvgIpc) is 2.38. The summed E-state index contributed by atoms with van der Waals surface area (Å²) in [7, 11) is 0. The molecular weight excluding hydrogens is 218 g/mol. The molecule has 2 N–H and O–H groups in total. The van der Waals surface area contributed by atoms with Crippen LogP contribution in [0.5, 0.6) is 0 Å². The minimum Gasteiger partial charge on any atom is -0.326 e. The van der Waals surface area contributed by atoms with E-state index in [0.717, 1.165) is 0 Å². The molecule has 0 atom stereocenters. The second-order valence-electron chi connectivity index (χ2n) is 5.73. The third-order valence-electron chi connectivity index (χ3n) is 3.27. The Morgan fingerprint density at radius 2 is 1.22 bits per heavy atom. The Labute approximate surface area is 110 Å². The second-order valence-corrected chi connectivity index (χ2v) is 5.73. The Hall–Kier alpha value is -1.60. The summed E-state index contributed by atoms with van der Waals surface area (Å²) in [5.74, 6) is 0. The molecule has 0 unspecified atom stereocenters. The van der Waals surface area contributed by atoms with Gasteiger partial charge in [-0.05, 0) is 27.7 Å². The van der Waals surface area contributed by atoms with E-state index < -0.39 is 0 Å². The highest BCUT2D eigenvalue weighted by molar-refractivity contribution is 5.64. The van der Waals surface area contributed by atoms with Crippen molar-refractivity contribution in [3.8, 4) is 11.1 Å². The molecule has 2 aromatic carbocycles. The summed E-state index contributed by atoms with van der Waals surface area (Å²) >= 11 is 0. The van der Waals surface area contributed by atoms with Crippen molar-refractivity contribution < 1.29 is 0 Å². The van der Waals surface area contributed by atoms with Crippen molar-refractivity contribution >= 4 is 0 Å². The summed E-state index contributed by atoms with van der Waals surface area (Å²) in [5.41, 5.74) is 10.9. The molecule has 0 aliphatic carbocycles. The molecule has 0 spiro atoms. The third-order valence-corrected chi connectivity index (χ3v) is 3.27. The van der Waals surface area contributed by atoms with Crippen LogP contribution in [-0.2, 0) is 12.0 Å². The van der Waals surface area contributed by atoms with E-state index in [2.05, 4.69) is 69.3 Å². The van der Waals surface area contributed by atoms with Gasteiger partial charge in [-0.1, -0.05) is 69.3 Å². The molecule has 0 radical (unpaired) electrons. The van der Waals surface area contributed by atoms with E-state index in [-0.39, 0.29) is 5.41 Å². The van der Waals surface area contributed by atoms with Crippen LogP contribution in [0.2, 0.25) is 0 Å². The SMILES string of the molecule is CC(C)(C)c1ccc(-c2ccc(CN)cc2)cc1. The minimum atomic E-state index is 0.210. The first-order valence-corrected chi connectivity index (χ1v) is 6.40. The molecule has 0 saturated carbocycles. The molecule has 1 nitrogen and oxygen atoms in total. The van der Waals surface area contributed by atoms with Crippen LogP contribution in [0, 0.1) is 0 Å². The number of hydrogen-bond donors (Lipinski definition) is 1. The highest BCUT2D eigenvalue weighted by Crippen LogP contribution is 2.26. The second kappa shape index (κ2) is 4.95. The minimum absolute atomic E-state index is 0.210. The fraction of sp³-hybridized carbons (Fsp3) is 0.294. The fourth-order valence-corrected chi connectivity index (χ4v) is 2.00. The van der Waals surface area contributed by atoms with E-state index in [1.807, 2.05) is 0 Å². The van der Waals surface area contributed by atoms with Crippen LogP contribution in [0.25, 0.3) is 11.1 Å². The average molecular weight is 239 g/mol. The van der Waals surface area contributed by atoms with Crippen molar-refractivity contribution in [1.82, 2.24) is 0 Å². The summed E-state index contributed by atoms with van der Waals surface area (Å²) < 4.78 is 0. The molecule has 2 rings (SSSR count). The molecular formula is C17H21N.